The molecule has 88 valence electrons. The predicted molar refractivity (Wildman–Crippen MR) is 64.5 cm³/mol. The van der Waals surface area contributed by atoms with Gasteiger partial charge in [-0.1, -0.05) is 0 Å². The summed E-state index contributed by atoms with van der Waals surface area (Å²) in [4.78, 5) is 4.34. The van der Waals surface area contributed by atoms with Gasteiger partial charge in [-0.2, -0.15) is 0 Å². The topological polar surface area (TPSA) is 34.1 Å². The summed E-state index contributed by atoms with van der Waals surface area (Å²) in [6, 6.07) is 2.05. The van der Waals surface area contributed by atoms with Crippen molar-refractivity contribution in [3.8, 4) is 0 Å². The summed E-state index contributed by atoms with van der Waals surface area (Å²) in [5.74, 6) is 0. The highest BCUT2D eigenvalue weighted by atomic mass is 16.5. The fourth-order valence-corrected chi connectivity index (χ4v) is 2.42. The largest absolute Gasteiger partial charge is 0.369 e. The molecular weight excluding hydrogens is 200 g/mol. The first-order chi connectivity index (χ1) is 7.68. The van der Waals surface area contributed by atoms with Crippen LogP contribution in [-0.2, 0) is 4.74 Å². The third-order valence-electron chi connectivity index (χ3n) is 3.23. The number of nitrogens with one attached hydrogen (secondary N) is 1. The highest BCUT2D eigenvalue weighted by molar-refractivity contribution is 5.30. The molecule has 0 aromatic carbocycles. The van der Waals surface area contributed by atoms with Crippen molar-refractivity contribution < 1.29 is 4.74 Å². The van der Waals surface area contributed by atoms with Gasteiger partial charge in [0.1, 0.15) is 0 Å². The number of hydrogen-bond acceptors (Lipinski definition) is 3. The highest BCUT2D eigenvalue weighted by Crippen LogP contribution is 2.25. The molecule has 2 heterocycles. The van der Waals surface area contributed by atoms with Gasteiger partial charge in [-0.05, 0) is 45.4 Å². The molecule has 1 aliphatic heterocycles. The number of nitrogens with zero attached hydrogens (tertiary/aromatic N) is 1. The van der Waals surface area contributed by atoms with Crippen molar-refractivity contribution >= 4 is 0 Å². The first-order valence-corrected chi connectivity index (χ1v) is 5.96. The number of pyridine rings is 1. The lowest BCUT2D eigenvalue weighted by Crippen LogP contribution is -2.19. The van der Waals surface area contributed by atoms with Gasteiger partial charge in [0.2, 0.25) is 0 Å². The molecule has 2 atom stereocenters. The Labute approximate surface area is 97.2 Å². The summed E-state index contributed by atoms with van der Waals surface area (Å²) in [5.41, 5.74) is 3.60. The van der Waals surface area contributed by atoms with E-state index in [0.29, 0.717) is 6.10 Å². The van der Waals surface area contributed by atoms with E-state index in [1.807, 2.05) is 6.20 Å². The predicted octanol–water partition coefficient (Wildman–Crippen LogP) is 2.14. The molecule has 3 nitrogen and oxygen atoms in total. The van der Waals surface area contributed by atoms with E-state index in [1.165, 1.54) is 11.1 Å². The Balaban J connectivity index is 2.10. The van der Waals surface area contributed by atoms with E-state index in [2.05, 4.69) is 37.1 Å². The number of aryl methyl sites for hydroxylation is 2. The maximum absolute atomic E-state index is 6.06. The molecule has 0 bridgehead atoms. The fraction of sp³-hybridized carbons (Fsp3) is 0.615. The van der Waals surface area contributed by atoms with Gasteiger partial charge in [-0.25, -0.2) is 0 Å². The van der Waals surface area contributed by atoms with Gasteiger partial charge in [-0.15, -0.1) is 0 Å². The average Bonchev–Trinajstić information content (AvgIpc) is 2.70. The maximum atomic E-state index is 6.06. The Morgan fingerprint density at radius 2 is 2.31 bits per heavy atom. The molecule has 0 unspecified atom stereocenters. The quantitative estimate of drug-likeness (QED) is 0.847. The molecule has 1 aromatic rings. The number of ether oxygens (including phenoxy) is 1. The van der Waals surface area contributed by atoms with E-state index in [0.717, 1.165) is 25.2 Å². The average molecular weight is 220 g/mol. The van der Waals surface area contributed by atoms with Crippen LogP contribution < -0.4 is 5.32 Å². The van der Waals surface area contributed by atoms with Crippen LogP contribution in [0, 0.1) is 13.8 Å². The van der Waals surface area contributed by atoms with Crippen LogP contribution in [0.3, 0.4) is 0 Å². The van der Waals surface area contributed by atoms with E-state index in [1.54, 1.807) is 0 Å². The molecule has 0 radical (unpaired) electrons. The second kappa shape index (κ2) is 4.93. The molecule has 0 amide bonds. The van der Waals surface area contributed by atoms with Crippen molar-refractivity contribution in [2.45, 2.75) is 39.4 Å². The Morgan fingerprint density at radius 3 is 2.94 bits per heavy atom. The minimum absolute atomic E-state index is 0.138. The normalized spacial score (nSPS) is 22.3. The van der Waals surface area contributed by atoms with Crippen molar-refractivity contribution in [3.05, 3.63) is 29.1 Å². The van der Waals surface area contributed by atoms with Gasteiger partial charge in [0.25, 0.3) is 0 Å². The van der Waals surface area contributed by atoms with Gasteiger partial charge in [-0.3, -0.25) is 4.98 Å². The van der Waals surface area contributed by atoms with Crippen LogP contribution in [0.2, 0.25) is 0 Å². The molecule has 16 heavy (non-hydrogen) atoms. The number of rotatable bonds is 3. The van der Waals surface area contributed by atoms with Crippen LogP contribution in [0.4, 0.5) is 0 Å². The summed E-state index contributed by atoms with van der Waals surface area (Å²) in [6.07, 6.45) is 3.47. The smallest absolute Gasteiger partial charge is 0.0821 e. The lowest BCUT2D eigenvalue weighted by Gasteiger charge is -2.21. The molecule has 1 N–H and O–H groups in total. The van der Waals surface area contributed by atoms with Crippen LogP contribution in [0.25, 0.3) is 0 Å². The van der Waals surface area contributed by atoms with E-state index < -0.39 is 0 Å². The number of hydrogen-bond donors (Lipinski definition) is 1. The van der Waals surface area contributed by atoms with Crippen molar-refractivity contribution in [3.63, 3.8) is 0 Å². The minimum atomic E-state index is 0.138. The second-order valence-corrected chi connectivity index (χ2v) is 4.52. The lowest BCUT2D eigenvalue weighted by molar-refractivity contribution is 0.00746. The Hall–Kier alpha value is -0.930. The summed E-state index contributed by atoms with van der Waals surface area (Å²) >= 11 is 0. The molecular formula is C13H20N2O. The van der Waals surface area contributed by atoms with E-state index in [9.17, 15) is 0 Å². The summed E-state index contributed by atoms with van der Waals surface area (Å²) in [6.45, 7) is 8.34. The van der Waals surface area contributed by atoms with Crippen LogP contribution >= 0.6 is 0 Å². The SMILES string of the molecule is Cc1ccnc(C)c1[C@H](C)O[C@H]1CCNC1. The highest BCUT2D eigenvalue weighted by Gasteiger charge is 2.20. The van der Waals surface area contributed by atoms with E-state index in [4.69, 9.17) is 4.74 Å². The summed E-state index contributed by atoms with van der Waals surface area (Å²) in [5, 5.41) is 3.32. The molecule has 0 aliphatic carbocycles. The van der Waals surface area contributed by atoms with Crippen LogP contribution in [0.5, 0.6) is 0 Å². The lowest BCUT2D eigenvalue weighted by atomic mass is 10.0. The molecule has 0 saturated carbocycles. The van der Waals surface area contributed by atoms with Crippen molar-refractivity contribution in [2.24, 2.45) is 0 Å². The monoisotopic (exact) mass is 220 g/mol. The molecule has 0 spiro atoms. The number of aromatic nitrogens is 1. The van der Waals surface area contributed by atoms with Gasteiger partial charge < -0.3 is 10.1 Å². The van der Waals surface area contributed by atoms with Crippen LogP contribution in [0.15, 0.2) is 12.3 Å². The first kappa shape index (κ1) is 11.6. The second-order valence-electron chi connectivity index (χ2n) is 4.52. The molecule has 1 saturated heterocycles. The molecule has 3 heteroatoms. The van der Waals surface area contributed by atoms with Crippen molar-refractivity contribution in [2.75, 3.05) is 13.1 Å². The Kier molecular flexibility index (Phi) is 3.56. The molecule has 1 fully saturated rings. The van der Waals surface area contributed by atoms with Crippen LogP contribution in [-0.4, -0.2) is 24.2 Å². The van der Waals surface area contributed by atoms with Crippen molar-refractivity contribution in [1.29, 1.82) is 0 Å². The summed E-state index contributed by atoms with van der Waals surface area (Å²) in [7, 11) is 0. The molecule has 1 aromatic heterocycles. The van der Waals surface area contributed by atoms with Gasteiger partial charge in [0, 0.05) is 24.0 Å². The van der Waals surface area contributed by atoms with Gasteiger partial charge in [0.05, 0.1) is 12.2 Å². The van der Waals surface area contributed by atoms with Crippen molar-refractivity contribution in [1.82, 2.24) is 10.3 Å². The zero-order chi connectivity index (χ0) is 11.5. The molecule has 2 rings (SSSR count). The third-order valence-corrected chi connectivity index (χ3v) is 3.23. The zero-order valence-electron chi connectivity index (χ0n) is 10.3. The van der Waals surface area contributed by atoms with E-state index in [-0.39, 0.29) is 6.10 Å². The summed E-state index contributed by atoms with van der Waals surface area (Å²) < 4.78 is 6.06. The third kappa shape index (κ3) is 2.42. The van der Waals surface area contributed by atoms with Gasteiger partial charge in [0.15, 0.2) is 0 Å². The standard InChI is InChI=1S/C13H20N2O/c1-9-4-7-15-10(2)13(9)11(3)16-12-5-6-14-8-12/h4,7,11-12,14H,5-6,8H2,1-3H3/t11-,12-/m0/s1. The van der Waals surface area contributed by atoms with E-state index >= 15 is 0 Å². The minimum Gasteiger partial charge on any atom is -0.369 e. The Bertz CT molecular complexity index is 339. The zero-order valence-corrected chi connectivity index (χ0v) is 10.3. The maximum Gasteiger partial charge on any atom is 0.0821 e. The fourth-order valence-electron chi connectivity index (χ4n) is 2.42. The molecule has 1 aliphatic rings. The van der Waals surface area contributed by atoms with Crippen LogP contribution in [0.1, 0.15) is 36.3 Å². The first-order valence-electron chi connectivity index (χ1n) is 5.96. The Morgan fingerprint density at radius 1 is 1.50 bits per heavy atom. The van der Waals surface area contributed by atoms with Gasteiger partial charge >= 0.3 is 0 Å².